The van der Waals surface area contributed by atoms with Crippen LogP contribution in [0.15, 0.2) is 17.0 Å². The van der Waals surface area contributed by atoms with E-state index in [0.29, 0.717) is 11.1 Å². The van der Waals surface area contributed by atoms with Gasteiger partial charge in [-0.05, 0) is 44.2 Å². The number of carboxylic acid groups (broad SMARTS) is 1. The van der Waals surface area contributed by atoms with Gasteiger partial charge >= 0.3 is 5.97 Å². The summed E-state index contributed by atoms with van der Waals surface area (Å²) < 4.78 is 25.5. The van der Waals surface area contributed by atoms with E-state index < -0.39 is 16.0 Å². The third-order valence-electron chi connectivity index (χ3n) is 2.42. The number of carbonyl (C=O) groups is 1. The molecule has 0 amide bonds. The number of aryl methyl sites for hydroxylation is 1. The summed E-state index contributed by atoms with van der Waals surface area (Å²) >= 11 is 0. The maximum absolute atomic E-state index is 11.6. The number of sulfonamides is 1. The van der Waals surface area contributed by atoms with Crippen molar-refractivity contribution in [2.45, 2.75) is 18.7 Å². The molecule has 0 aliphatic heterocycles. The molecule has 0 aliphatic rings. The molecule has 0 saturated carbocycles. The van der Waals surface area contributed by atoms with Gasteiger partial charge < -0.3 is 5.11 Å². The predicted molar refractivity (Wildman–Crippen MR) is 59.1 cm³/mol. The van der Waals surface area contributed by atoms with Crippen LogP contribution in [0.5, 0.6) is 0 Å². The van der Waals surface area contributed by atoms with Gasteiger partial charge in [0, 0.05) is 0 Å². The summed E-state index contributed by atoms with van der Waals surface area (Å²) in [6.45, 7) is 3.32. The van der Waals surface area contributed by atoms with Gasteiger partial charge in [0.25, 0.3) is 0 Å². The third kappa shape index (κ3) is 2.23. The molecule has 0 unspecified atom stereocenters. The normalized spacial score (nSPS) is 11.4. The Hall–Kier alpha value is -1.40. The second-order valence-electron chi connectivity index (χ2n) is 3.43. The Kier molecular flexibility index (Phi) is 3.35. The summed E-state index contributed by atoms with van der Waals surface area (Å²) in [7, 11) is -2.33. The molecule has 0 spiro atoms. The molecule has 0 saturated heterocycles. The van der Waals surface area contributed by atoms with E-state index in [4.69, 9.17) is 5.11 Å². The van der Waals surface area contributed by atoms with Crippen molar-refractivity contribution in [3.63, 3.8) is 0 Å². The van der Waals surface area contributed by atoms with Gasteiger partial charge in [-0.1, -0.05) is 0 Å². The zero-order chi connectivity index (χ0) is 12.5. The quantitative estimate of drug-likeness (QED) is 0.826. The van der Waals surface area contributed by atoms with Crippen molar-refractivity contribution in [3.8, 4) is 0 Å². The van der Waals surface area contributed by atoms with Gasteiger partial charge in [-0.3, -0.25) is 0 Å². The first-order valence-corrected chi connectivity index (χ1v) is 6.06. The van der Waals surface area contributed by atoms with Crippen LogP contribution in [-0.4, -0.2) is 26.5 Å². The van der Waals surface area contributed by atoms with Gasteiger partial charge in [-0.25, -0.2) is 17.9 Å². The molecule has 0 bridgehead atoms. The van der Waals surface area contributed by atoms with Crippen LogP contribution in [0, 0.1) is 13.8 Å². The molecule has 0 fully saturated rings. The van der Waals surface area contributed by atoms with E-state index >= 15 is 0 Å². The zero-order valence-electron chi connectivity index (χ0n) is 9.23. The second-order valence-corrected chi connectivity index (χ2v) is 5.28. The van der Waals surface area contributed by atoms with Crippen LogP contribution in [0.1, 0.15) is 21.5 Å². The molecule has 2 N–H and O–H groups in total. The van der Waals surface area contributed by atoms with Crippen molar-refractivity contribution >= 4 is 16.0 Å². The highest BCUT2D eigenvalue weighted by atomic mass is 32.2. The number of nitrogens with one attached hydrogen (secondary N) is 1. The molecular formula is C10H13NO4S. The van der Waals surface area contributed by atoms with Gasteiger partial charge in [0.2, 0.25) is 10.0 Å². The van der Waals surface area contributed by atoms with Crippen LogP contribution in [-0.2, 0) is 10.0 Å². The largest absolute Gasteiger partial charge is 0.478 e. The monoisotopic (exact) mass is 243 g/mol. The summed E-state index contributed by atoms with van der Waals surface area (Å²) in [4.78, 5) is 10.8. The van der Waals surface area contributed by atoms with E-state index in [1.54, 1.807) is 13.8 Å². The molecule has 6 heteroatoms. The average Bonchev–Trinajstić information content (AvgIpc) is 2.21. The van der Waals surface area contributed by atoms with Crippen LogP contribution in [0.2, 0.25) is 0 Å². The Morgan fingerprint density at radius 3 is 2.31 bits per heavy atom. The van der Waals surface area contributed by atoms with Crippen molar-refractivity contribution in [1.82, 2.24) is 4.72 Å². The lowest BCUT2D eigenvalue weighted by Gasteiger charge is -2.10. The maximum Gasteiger partial charge on any atom is 0.335 e. The van der Waals surface area contributed by atoms with Gasteiger partial charge in [-0.2, -0.15) is 0 Å². The smallest absolute Gasteiger partial charge is 0.335 e. The van der Waals surface area contributed by atoms with Crippen LogP contribution >= 0.6 is 0 Å². The first kappa shape index (κ1) is 12.7. The first-order chi connectivity index (χ1) is 7.29. The lowest BCUT2D eigenvalue weighted by atomic mass is 10.1. The van der Waals surface area contributed by atoms with Gasteiger partial charge in [0.15, 0.2) is 0 Å². The molecule has 0 atom stereocenters. The van der Waals surface area contributed by atoms with Crippen LogP contribution in [0.4, 0.5) is 0 Å². The van der Waals surface area contributed by atoms with Crippen molar-refractivity contribution in [1.29, 1.82) is 0 Å². The predicted octanol–water partition coefficient (Wildman–Crippen LogP) is 0.910. The lowest BCUT2D eigenvalue weighted by molar-refractivity contribution is 0.0696. The number of aromatic carboxylic acids is 1. The van der Waals surface area contributed by atoms with Crippen molar-refractivity contribution in [2.24, 2.45) is 0 Å². The van der Waals surface area contributed by atoms with E-state index in [-0.39, 0.29) is 10.5 Å². The Morgan fingerprint density at radius 2 is 1.88 bits per heavy atom. The summed E-state index contributed by atoms with van der Waals surface area (Å²) in [5, 5.41) is 8.85. The minimum absolute atomic E-state index is 0.00685. The summed E-state index contributed by atoms with van der Waals surface area (Å²) in [6, 6.07) is 2.61. The third-order valence-corrected chi connectivity index (χ3v) is 3.97. The minimum Gasteiger partial charge on any atom is -0.478 e. The molecular weight excluding hydrogens is 230 g/mol. The van der Waals surface area contributed by atoms with Crippen molar-refractivity contribution in [2.75, 3.05) is 7.05 Å². The molecule has 0 heterocycles. The Morgan fingerprint density at radius 1 is 1.31 bits per heavy atom. The molecule has 1 rings (SSSR count). The number of carboxylic acids is 1. The summed E-state index contributed by atoms with van der Waals surface area (Å²) in [5.74, 6) is -1.14. The first-order valence-electron chi connectivity index (χ1n) is 4.57. The highest BCUT2D eigenvalue weighted by Crippen LogP contribution is 2.20. The van der Waals surface area contributed by atoms with Crippen LogP contribution in [0.25, 0.3) is 0 Å². The number of hydrogen-bond donors (Lipinski definition) is 2. The highest BCUT2D eigenvalue weighted by molar-refractivity contribution is 7.89. The lowest BCUT2D eigenvalue weighted by Crippen LogP contribution is -2.20. The second kappa shape index (κ2) is 4.23. The maximum atomic E-state index is 11.6. The molecule has 1 aromatic carbocycles. The standard InChI is InChI=1S/C10H13NO4S/c1-6-4-8(10(12)13)5-9(7(6)2)16(14,15)11-3/h4-5,11H,1-3H3,(H,12,13). The molecule has 88 valence electrons. The number of benzene rings is 1. The fraction of sp³-hybridized carbons (Fsp3) is 0.300. The topological polar surface area (TPSA) is 83.5 Å². The highest BCUT2D eigenvalue weighted by Gasteiger charge is 2.18. The van der Waals surface area contributed by atoms with Gasteiger partial charge in [0.05, 0.1) is 10.5 Å². The Balaban J connectivity index is 3.57. The van der Waals surface area contributed by atoms with Crippen molar-refractivity contribution < 1.29 is 18.3 Å². The van der Waals surface area contributed by atoms with E-state index in [9.17, 15) is 13.2 Å². The SMILES string of the molecule is CNS(=O)(=O)c1cc(C(=O)O)cc(C)c1C. The number of rotatable bonds is 3. The molecule has 0 aliphatic carbocycles. The zero-order valence-corrected chi connectivity index (χ0v) is 10.1. The van der Waals surface area contributed by atoms with Crippen molar-refractivity contribution in [3.05, 3.63) is 28.8 Å². The van der Waals surface area contributed by atoms with E-state index in [1.807, 2.05) is 0 Å². The number of hydrogen-bond acceptors (Lipinski definition) is 3. The average molecular weight is 243 g/mol. The summed E-state index contributed by atoms with van der Waals surface area (Å²) in [5.41, 5.74) is 1.16. The molecule has 0 radical (unpaired) electrons. The summed E-state index contributed by atoms with van der Waals surface area (Å²) in [6.07, 6.45) is 0. The van der Waals surface area contributed by atoms with E-state index in [2.05, 4.69) is 4.72 Å². The van der Waals surface area contributed by atoms with E-state index in [0.717, 1.165) is 6.07 Å². The van der Waals surface area contributed by atoms with E-state index in [1.165, 1.54) is 13.1 Å². The fourth-order valence-corrected chi connectivity index (χ4v) is 2.41. The van der Waals surface area contributed by atoms with Gasteiger partial charge in [0.1, 0.15) is 0 Å². The minimum atomic E-state index is -3.62. The van der Waals surface area contributed by atoms with Crippen LogP contribution < -0.4 is 4.72 Å². The molecule has 0 aromatic heterocycles. The fourth-order valence-electron chi connectivity index (χ4n) is 1.34. The molecule has 5 nitrogen and oxygen atoms in total. The van der Waals surface area contributed by atoms with Gasteiger partial charge in [-0.15, -0.1) is 0 Å². The molecule has 1 aromatic rings. The molecule has 16 heavy (non-hydrogen) atoms. The van der Waals surface area contributed by atoms with Crippen LogP contribution in [0.3, 0.4) is 0 Å². The Labute approximate surface area is 94.2 Å². The Bertz CT molecular complexity index is 534.